The van der Waals surface area contributed by atoms with Crippen LogP contribution in [-0.4, -0.2) is 44.8 Å². The first-order valence-corrected chi connectivity index (χ1v) is 11.8. The van der Waals surface area contributed by atoms with E-state index in [9.17, 15) is 4.79 Å². The highest BCUT2D eigenvalue weighted by Crippen LogP contribution is 2.31. The number of nitrogens with one attached hydrogen (secondary N) is 2. The Morgan fingerprint density at radius 2 is 1.76 bits per heavy atom. The lowest BCUT2D eigenvalue weighted by Gasteiger charge is -2.19. The average Bonchev–Trinajstić information content (AvgIpc) is 2.82. The molecule has 0 radical (unpaired) electrons. The van der Waals surface area contributed by atoms with Crippen LogP contribution in [0.25, 0.3) is 22.2 Å². The van der Waals surface area contributed by atoms with Crippen molar-refractivity contribution in [1.82, 2.24) is 19.9 Å². The minimum absolute atomic E-state index is 0.200. The van der Waals surface area contributed by atoms with Crippen molar-refractivity contribution in [3.8, 4) is 28.6 Å². The Bertz CT molecular complexity index is 1420. The summed E-state index contributed by atoms with van der Waals surface area (Å²) in [6.45, 7) is 9.41. The highest BCUT2D eigenvalue weighted by atomic mass is 16.6. The van der Waals surface area contributed by atoms with Gasteiger partial charge < -0.3 is 19.5 Å². The fourth-order valence-electron chi connectivity index (χ4n) is 3.43. The Morgan fingerprint density at radius 1 is 0.973 bits per heavy atom. The monoisotopic (exact) mass is 502 g/mol. The first kappa shape index (κ1) is 25.6. The molecule has 10 nitrogen and oxygen atoms in total. The van der Waals surface area contributed by atoms with Crippen molar-refractivity contribution >= 4 is 28.8 Å². The van der Waals surface area contributed by atoms with Crippen molar-refractivity contribution in [3.63, 3.8) is 0 Å². The maximum absolute atomic E-state index is 12.0. The molecule has 192 valence electrons. The second-order valence-corrected chi connectivity index (χ2v) is 9.57. The van der Waals surface area contributed by atoms with E-state index in [2.05, 4.69) is 25.6 Å². The molecule has 2 N–H and O–H groups in total. The highest BCUT2D eigenvalue weighted by molar-refractivity contribution is 5.84. The van der Waals surface area contributed by atoms with Crippen LogP contribution in [-0.2, 0) is 4.74 Å². The van der Waals surface area contributed by atoms with Gasteiger partial charge in [0.25, 0.3) is 0 Å². The van der Waals surface area contributed by atoms with Gasteiger partial charge in [-0.15, -0.1) is 0 Å². The van der Waals surface area contributed by atoms with E-state index in [1.807, 2.05) is 44.2 Å². The maximum atomic E-state index is 12.0. The molecule has 10 heteroatoms. The number of fused-ring (bicyclic) bond motifs is 1. The van der Waals surface area contributed by atoms with Crippen LogP contribution < -0.4 is 20.1 Å². The van der Waals surface area contributed by atoms with Crippen LogP contribution in [0.5, 0.6) is 17.4 Å². The molecule has 0 saturated heterocycles. The van der Waals surface area contributed by atoms with E-state index in [4.69, 9.17) is 19.2 Å². The van der Waals surface area contributed by atoms with E-state index in [0.29, 0.717) is 40.4 Å². The van der Waals surface area contributed by atoms with E-state index >= 15 is 0 Å². The van der Waals surface area contributed by atoms with Crippen LogP contribution in [0.4, 0.5) is 16.6 Å². The molecular weight excluding hydrogens is 472 g/mol. The molecule has 0 unspecified atom stereocenters. The molecule has 1 aromatic carbocycles. The lowest BCUT2D eigenvalue weighted by atomic mass is 10.1. The van der Waals surface area contributed by atoms with Gasteiger partial charge in [0.2, 0.25) is 11.8 Å². The number of pyridine rings is 2. The predicted octanol–water partition coefficient (Wildman–Crippen LogP) is 6.06. The Labute approximate surface area is 215 Å². The molecule has 0 fully saturated rings. The third-order valence-electron chi connectivity index (χ3n) is 4.90. The van der Waals surface area contributed by atoms with Gasteiger partial charge in [-0.05, 0) is 65.0 Å². The summed E-state index contributed by atoms with van der Waals surface area (Å²) >= 11 is 0. The quantitative estimate of drug-likeness (QED) is 0.311. The van der Waals surface area contributed by atoms with Gasteiger partial charge in [-0.3, -0.25) is 5.32 Å². The van der Waals surface area contributed by atoms with Crippen LogP contribution >= 0.6 is 0 Å². The number of carbonyl (C=O) groups excluding carboxylic acids is 1. The summed E-state index contributed by atoms with van der Waals surface area (Å²) in [6.07, 6.45) is 2.67. The van der Waals surface area contributed by atoms with Crippen molar-refractivity contribution in [2.75, 3.05) is 17.7 Å². The number of aromatic nitrogens is 4. The van der Waals surface area contributed by atoms with E-state index in [-0.39, 0.29) is 6.04 Å². The Morgan fingerprint density at radius 3 is 2.49 bits per heavy atom. The van der Waals surface area contributed by atoms with E-state index in [0.717, 1.165) is 10.9 Å². The maximum Gasteiger partial charge on any atom is 0.413 e. The average molecular weight is 503 g/mol. The van der Waals surface area contributed by atoms with Crippen molar-refractivity contribution in [2.45, 2.75) is 46.3 Å². The summed E-state index contributed by atoms with van der Waals surface area (Å²) in [7, 11) is 1.57. The molecular formula is C27H30N6O4. The number of carbonyl (C=O) groups is 1. The standard InChI is InChI=1S/C27H30N6O4/c1-16(2)30-25-29-15-20(24(33-25)35-6)22-9-7-17-13-18(8-10-21(17)31-22)36-19-11-12-28-23(14-19)32-26(34)37-27(3,4)5/h7-16H,1-6H3,(H,28,32,34)(H,29,30,33). The molecule has 0 atom stereocenters. The van der Waals surface area contributed by atoms with Gasteiger partial charge in [0.15, 0.2) is 0 Å². The second-order valence-electron chi connectivity index (χ2n) is 9.57. The number of ether oxygens (including phenoxy) is 3. The zero-order valence-corrected chi connectivity index (χ0v) is 21.7. The first-order valence-electron chi connectivity index (χ1n) is 11.8. The molecule has 0 aliphatic heterocycles. The minimum Gasteiger partial charge on any atom is -0.480 e. The van der Waals surface area contributed by atoms with Crippen LogP contribution in [0.1, 0.15) is 34.6 Å². The number of amides is 1. The van der Waals surface area contributed by atoms with Gasteiger partial charge in [-0.2, -0.15) is 4.98 Å². The molecule has 0 bridgehead atoms. The molecule has 4 rings (SSSR count). The number of anilines is 2. The minimum atomic E-state index is -0.607. The smallest absolute Gasteiger partial charge is 0.413 e. The van der Waals surface area contributed by atoms with Gasteiger partial charge in [0, 0.05) is 29.9 Å². The zero-order valence-electron chi connectivity index (χ0n) is 21.7. The van der Waals surface area contributed by atoms with Gasteiger partial charge >= 0.3 is 6.09 Å². The number of hydrogen-bond acceptors (Lipinski definition) is 9. The highest BCUT2D eigenvalue weighted by Gasteiger charge is 2.17. The van der Waals surface area contributed by atoms with E-state index in [1.54, 1.807) is 52.4 Å². The molecule has 3 heterocycles. The zero-order chi connectivity index (χ0) is 26.6. The Balaban J connectivity index is 1.52. The molecule has 0 spiro atoms. The molecule has 4 aromatic rings. The van der Waals surface area contributed by atoms with E-state index in [1.165, 1.54) is 0 Å². The first-order chi connectivity index (χ1) is 17.6. The number of rotatable bonds is 7. The van der Waals surface area contributed by atoms with Crippen LogP contribution in [0.2, 0.25) is 0 Å². The van der Waals surface area contributed by atoms with Gasteiger partial charge in [0.1, 0.15) is 22.9 Å². The summed E-state index contributed by atoms with van der Waals surface area (Å²) in [5.41, 5.74) is 1.56. The summed E-state index contributed by atoms with van der Waals surface area (Å²) in [5, 5.41) is 6.67. The molecule has 0 saturated carbocycles. The molecule has 37 heavy (non-hydrogen) atoms. The van der Waals surface area contributed by atoms with Crippen LogP contribution in [0.3, 0.4) is 0 Å². The fourth-order valence-corrected chi connectivity index (χ4v) is 3.43. The number of nitrogens with zero attached hydrogens (tertiary/aromatic N) is 4. The summed E-state index contributed by atoms with van der Waals surface area (Å²) in [6, 6.07) is 12.9. The van der Waals surface area contributed by atoms with Crippen LogP contribution in [0.15, 0.2) is 54.9 Å². The van der Waals surface area contributed by atoms with Crippen molar-refractivity contribution < 1.29 is 19.0 Å². The van der Waals surface area contributed by atoms with Crippen molar-refractivity contribution in [3.05, 3.63) is 54.9 Å². The molecule has 3 aromatic heterocycles. The molecule has 0 aliphatic carbocycles. The Kier molecular flexibility index (Phi) is 7.37. The normalized spacial score (nSPS) is 11.3. The number of benzene rings is 1. The van der Waals surface area contributed by atoms with Gasteiger partial charge in [-0.1, -0.05) is 6.07 Å². The number of methoxy groups -OCH3 is 1. The number of hydrogen-bond donors (Lipinski definition) is 2. The third-order valence-corrected chi connectivity index (χ3v) is 4.90. The summed E-state index contributed by atoms with van der Waals surface area (Å²) < 4.78 is 16.8. The van der Waals surface area contributed by atoms with Gasteiger partial charge in [-0.25, -0.2) is 19.7 Å². The topological polar surface area (TPSA) is 120 Å². The van der Waals surface area contributed by atoms with Crippen LogP contribution in [0, 0.1) is 0 Å². The SMILES string of the molecule is COc1nc(NC(C)C)ncc1-c1ccc2cc(Oc3ccnc(NC(=O)OC(C)(C)C)c3)ccc2n1. The van der Waals surface area contributed by atoms with Gasteiger partial charge in [0.05, 0.1) is 23.9 Å². The fraction of sp³-hybridized carbons (Fsp3) is 0.296. The summed E-state index contributed by atoms with van der Waals surface area (Å²) in [4.78, 5) is 29.8. The largest absolute Gasteiger partial charge is 0.480 e. The predicted molar refractivity (Wildman–Crippen MR) is 142 cm³/mol. The third kappa shape index (κ3) is 6.81. The lowest BCUT2D eigenvalue weighted by molar-refractivity contribution is 0.0635. The molecule has 0 aliphatic rings. The Hall–Kier alpha value is -4.47. The van der Waals surface area contributed by atoms with Crippen molar-refractivity contribution in [1.29, 1.82) is 0 Å². The molecule has 1 amide bonds. The summed E-state index contributed by atoms with van der Waals surface area (Å²) in [5.74, 6) is 2.39. The van der Waals surface area contributed by atoms with Crippen molar-refractivity contribution in [2.24, 2.45) is 0 Å². The lowest BCUT2D eigenvalue weighted by Crippen LogP contribution is -2.27. The van der Waals surface area contributed by atoms with E-state index < -0.39 is 11.7 Å². The second kappa shape index (κ2) is 10.7.